The fourth-order valence-corrected chi connectivity index (χ4v) is 2.35. The van der Waals surface area contributed by atoms with E-state index in [0.717, 1.165) is 13.0 Å². The Kier molecular flexibility index (Phi) is 8.16. The van der Waals surface area contributed by atoms with Gasteiger partial charge in [-0.15, -0.1) is 11.6 Å². The Morgan fingerprint density at radius 1 is 1.12 bits per heavy atom. The molecule has 0 bridgehead atoms. The maximum absolute atomic E-state index is 6.29. The minimum absolute atomic E-state index is 0.250. The second kappa shape index (κ2) is 9.52. The minimum Gasteiger partial charge on any atom is -0.336 e. The molecule has 1 aromatic heterocycles. The molecule has 1 heterocycles. The van der Waals surface area contributed by atoms with Gasteiger partial charge in [-0.1, -0.05) is 51.9 Å². The van der Waals surface area contributed by atoms with E-state index in [1.54, 1.807) is 6.20 Å². The van der Waals surface area contributed by atoms with Crippen LogP contribution >= 0.6 is 11.6 Å². The quantitative estimate of drug-likeness (QED) is 0.441. The number of nitrogens with zero attached hydrogens (tertiary/aromatic N) is 2. The SMILES string of the molecule is CCCCCCCCCC(Cl)Cn1ccnc1. The molecule has 1 unspecified atom stereocenters. The third-order valence-corrected chi connectivity index (χ3v) is 3.45. The van der Waals surface area contributed by atoms with Gasteiger partial charge in [-0.05, 0) is 6.42 Å². The zero-order valence-electron chi connectivity index (χ0n) is 10.9. The van der Waals surface area contributed by atoms with Crippen LogP contribution in [-0.4, -0.2) is 14.9 Å². The highest BCUT2D eigenvalue weighted by atomic mass is 35.5. The Balaban J connectivity index is 1.92. The number of aromatic nitrogens is 2. The number of rotatable bonds is 10. The summed E-state index contributed by atoms with van der Waals surface area (Å²) in [4.78, 5) is 4.02. The lowest BCUT2D eigenvalue weighted by Gasteiger charge is -2.09. The molecule has 1 atom stereocenters. The number of imidazole rings is 1. The number of hydrogen-bond acceptors (Lipinski definition) is 1. The van der Waals surface area contributed by atoms with Crippen molar-refractivity contribution in [1.29, 1.82) is 0 Å². The lowest BCUT2D eigenvalue weighted by atomic mass is 10.1. The van der Waals surface area contributed by atoms with Gasteiger partial charge in [0.1, 0.15) is 0 Å². The number of unbranched alkanes of at least 4 members (excludes halogenated alkanes) is 6. The first kappa shape index (κ1) is 14.6. The lowest BCUT2D eigenvalue weighted by Crippen LogP contribution is -2.08. The summed E-state index contributed by atoms with van der Waals surface area (Å²) in [5.41, 5.74) is 0. The molecule has 0 aliphatic heterocycles. The number of hydrogen-bond donors (Lipinski definition) is 0. The van der Waals surface area contributed by atoms with Gasteiger partial charge in [0, 0.05) is 18.9 Å². The van der Waals surface area contributed by atoms with Gasteiger partial charge in [0.15, 0.2) is 0 Å². The van der Waals surface area contributed by atoms with Gasteiger partial charge in [0.2, 0.25) is 0 Å². The normalized spacial score (nSPS) is 12.8. The topological polar surface area (TPSA) is 17.8 Å². The molecule has 1 aromatic rings. The zero-order chi connectivity index (χ0) is 12.3. The molecule has 2 nitrogen and oxygen atoms in total. The molecule has 0 N–H and O–H groups in total. The van der Waals surface area contributed by atoms with Crippen molar-refractivity contribution in [2.45, 2.75) is 70.2 Å². The molecule has 1 rings (SSSR count). The van der Waals surface area contributed by atoms with Gasteiger partial charge in [0.05, 0.1) is 11.7 Å². The highest BCUT2D eigenvalue weighted by Gasteiger charge is 2.04. The highest BCUT2D eigenvalue weighted by molar-refractivity contribution is 6.20. The molecule has 0 radical (unpaired) electrons. The van der Waals surface area contributed by atoms with E-state index in [4.69, 9.17) is 11.6 Å². The first-order chi connectivity index (χ1) is 8.33. The molecule has 0 saturated heterocycles. The van der Waals surface area contributed by atoms with Crippen LogP contribution < -0.4 is 0 Å². The van der Waals surface area contributed by atoms with E-state index in [1.807, 2.05) is 12.5 Å². The van der Waals surface area contributed by atoms with Crippen LogP contribution in [0.5, 0.6) is 0 Å². The minimum atomic E-state index is 0.250. The van der Waals surface area contributed by atoms with E-state index in [-0.39, 0.29) is 5.38 Å². The van der Waals surface area contributed by atoms with Crippen LogP contribution in [0.15, 0.2) is 18.7 Å². The van der Waals surface area contributed by atoms with Crippen molar-refractivity contribution < 1.29 is 0 Å². The third kappa shape index (κ3) is 7.43. The first-order valence-electron chi connectivity index (χ1n) is 6.92. The summed E-state index contributed by atoms with van der Waals surface area (Å²) >= 11 is 6.29. The van der Waals surface area contributed by atoms with Crippen molar-refractivity contribution in [3.05, 3.63) is 18.7 Å². The average molecular weight is 257 g/mol. The van der Waals surface area contributed by atoms with Crippen LogP contribution in [-0.2, 0) is 6.54 Å². The van der Waals surface area contributed by atoms with Gasteiger partial charge in [-0.25, -0.2) is 4.98 Å². The monoisotopic (exact) mass is 256 g/mol. The van der Waals surface area contributed by atoms with E-state index < -0.39 is 0 Å². The Hall–Kier alpha value is -0.500. The van der Waals surface area contributed by atoms with Crippen molar-refractivity contribution in [3.63, 3.8) is 0 Å². The molecule has 0 aliphatic carbocycles. The third-order valence-electron chi connectivity index (χ3n) is 3.09. The van der Waals surface area contributed by atoms with Crippen LogP contribution in [0.4, 0.5) is 0 Å². The maximum atomic E-state index is 6.29. The Morgan fingerprint density at radius 2 is 1.82 bits per heavy atom. The molecular formula is C14H25ClN2. The maximum Gasteiger partial charge on any atom is 0.0946 e. The van der Waals surface area contributed by atoms with Crippen LogP contribution in [0.2, 0.25) is 0 Å². The van der Waals surface area contributed by atoms with Crippen molar-refractivity contribution in [2.75, 3.05) is 0 Å². The molecule has 0 saturated carbocycles. The summed E-state index contributed by atoms with van der Waals surface area (Å²) in [6.07, 6.45) is 16.2. The van der Waals surface area contributed by atoms with Crippen LogP contribution in [0.1, 0.15) is 58.3 Å². The summed E-state index contributed by atoms with van der Waals surface area (Å²) in [6, 6.07) is 0. The molecule has 0 fully saturated rings. The van der Waals surface area contributed by atoms with E-state index in [2.05, 4.69) is 16.5 Å². The summed E-state index contributed by atoms with van der Waals surface area (Å²) in [5, 5.41) is 0.250. The molecule has 0 amide bonds. The number of halogens is 1. The van der Waals surface area contributed by atoms with Crippen molar-refractivity contribution in [3.8, 4) is 0 Å². The van der Waals surface area contributed by atoms with Crippen LogP contribution in [0, 0.1) is 0 Å². The summed E-state index contributed by atoms with van der Waals surface area (Å²) < 4.78 is 2.05. The fraction of sp³-hybridized carbons (Fsp3) is 0.786. The smallest absolute Gasteiger partial charge is 0.0946 e. The summed E-state index contributed by atoms with van der Waals surface area (Å²) in [6.45, 7) is 3.14. The van der Waals surface area contributed by atoms with Crippen LogP contribution in [0.3, 0.4) is 0 Å². The van der Waals surface area contributed by atoms with E-state index >= 15 is 0 Å². The van der Waals surface area contributed by atoms with Gasteiger partial charge in [0.25, 0.3) is 0 Å². The summed E-state index contributed by atoms with van der Waals surface area (Å²) in [5.74, 6) is 0. The molecule has 0 aromatic carbocycles. The summed E-state index contributed by atoms with van der Waals surface area (Å²) in [7, 11) is 0. The van der Waals surface area contributed by atoms with E-state index in [1.165, 1.54) is 44.9 Å². The van der Waals surface area contributed by atoms with Gasteiger partial charge >= 0.3 is 0 Å². The Bertz CT molecular complexity index is 259. The van der Waals surface area contributed by atoms with Gasteiger partial charge < -0.3 is 4.57 Å². The molecule has 98 valence electrons. The van der Waals surface area contributed by atoms with Crippen molar-refractivity contribution in [1.82, 2.24) is 9.55 Å². The Morgan fingerprint density at radius 3 is 2.47 bits per heavy atom. The second-order valence-electron chi connectivity index (χ2n) is 4.77. The largest absolute Gasteiger partial charge is 0.336 e. The van der Waals surface area contributed by atoms with Crippen molar-refractivity contribution >= 4 is 11.6 Å². The van der Waals surface area contributed by atoms with Gasteiger partial charge in [-0.2, -0.15) is 0 Å². The predicted molar refractivity (Wildman–Crippen MR) is 74.5 cm³/mol. The molecule has 3 heteroatoms. The lowest BCUT2D eigenvalue weighted by molar-refractivity contribution is 0.543. The predicted octanol–water partition coefficient (Wildman–Crippen LogP) is 4.63. The second-order valence-corrected chi connectivity index (χ2v) is 5.38. The van der Waals surface area contributed by atoms with Gasteiger partial charge in [-0.3, -0.25) is 0 Å². The standard InChI is InChI=1S/C14H25ClN2/c1-2-3-4-5-6-7-8-9-14(15)12-17-11-10-16-13-17/h10-11,13-14H,2-9,12H2,1H3. The molecule has 0 spiro atoms. The molecule has 17 heavy (non-hydrogen) atoms. The van der Waals surface area contributed by atoms with E-state index in [0.29, 0.717) is 0 Å². The first-order valence-corrected chi connectivity index (χ1v) is 7.36. The van der Waals surface area contributed by atoms with Crippen LogP contribution in [0.25, 0.3) is 0 Å². The zero-order valence-corrected chi connectivity index (χ0v) is 11.7. The fourth-order valence-electron chi connectivity index (χ4n) is 2.04. The molecule has 0 aliphatic rings. The Labute approximate surface area is 110 Å². The van der Waals surface area contributed by atoms with Crippen molar-refractivity contribution in [2.24, 2.45) is 0 Å². The highest BCUT2D eigenvalue weighted by Crippen LogP contribution is 2.13. The van der Waals surface area contributed by atoms with E-state index in [9.17, 15) is 0 Å². The average Bonchev–Trinajstić information content (AvgIpc) is 2.80. The molecular weight excluding hydrogens is 232 g/mol. The number of alkyl halides is 1.